The molecule has 0 spiro atoms. The van der Waals surface area contributed by atoms with Crippen LogP contribution < -0.4 is 5.32 Å². The van der Waals surface area contributed by atoms with Crippen molar-refractivity contribution in [2.75, 3.05) is 20.6 Å². The van der Waals surface area contributed by atoms with Gasteiger partial charge in [-0.2, -0.15) is 0 Å². The lowest BCUT2D eigenvalue weighted by atomic mass is 9.85. The van der Waals surface area contributed by atoms with E-state index in [-0.39, 0.29) is 23.7 Å². The molecule has 1 N–H and O–H groups in total. The fourth-order valence-corrected chi connectivity index (χ4v) is 2.68. The van der Waals surface area contributed by atoms with Gasteiger partial charge in [-0.1, -0.05) is 17.7 Å². The number of aryl methyl sites for hydroxylation is 1. The molecule has 1 heterocycles. The third-order valence-electron chi connectivity index (χ3n) is 3.73. The monoisotopic (exact) mass is 264 g/mol. The predicted octanol–water partition coefficient (Wildman–Crippen LogP) is 2.06. The van der Waals surface area contributed by atoms with Gasteiger partial charge in [-0.15, -0.1) is 0 Å². The smallest absolute Gasteiger partial charge is 0.239 e. The number of hydrogen-bond acceptors (Lipinski definition) is 2. The van der Waals surface area contributed by atoms with E-state index in [2.05, 4.69) is 5.32 Å². The van der Waals surface area contributed by atoms with Gasteiger partial charge in [-0.3, -0.25) is 4.79 Å². The number of nitrogens with zero attached hydrogens (tertiary/aromatic N) is 1. The molecule has 0 aromatic heterocycles. The minimum Gasteiger partial charge on any atom is -0.347 e. The minimum absolute atomic E-state index is 0.0674. The number of hydrogen-bond donors (Lipinski definition) is 1. The van der Waals surface area contributed by atoms with Crippen LogP contribution in [0.1, 0.15) is 29.9 Å². The molecule has 1 aromatic rings. The van der Waals surface area contributed by atoms with Gasteiger partial charge in [-0.05, 0) is 43.9 Å². The van der Waals surface area contributed by atoms with Crippen molar-refractivity contribution in [2.24, 2.45) is 0 Å². The van der Waals surface area contributed by atoms with Crippen molar-refractivity contribution in [1.82, 2.24) is 10.2 Å². The van der Waals surface area contributed by atoms with E-state index in [1.807, 2.05) is 13.0 Å². The maximum absolute atomic E-state index is 13.9. The Balaban J connectivity index is 2.17. The highest BCUT2D eigenvalue weighted by atomic mass is 19.1. The van der Waals surface area contributed by atoms with Gasteiger partial charge in [0, 0.05) is 14.1 Å². The molecular weight excluding hydrogens is 243 g/mol. The number of rotatable bonds is 2. The Morgan fingerprint density at radius 2 is 2.16 bits per heavy atom. The van der Waals surface area contributed by atoms with Crippen LogP contribution in [0.3, 0.4) is 0 Å². The zero-order valence-corrected chi connectivity index (χ0v) is 11.7. The second kappa shape index (κ2) is 5.70. The first-order valence-electron chi connectivity index (χ1n) is 6.69. The molecule has 3 nitrogen and oxygen atoms in total. The van der Waals surface area contributed by atoms with Crippen LogP contribution in [-0.2, 0) is 4.79 Å². The van der Waals surface area contributed by atoms with Crippen LogP contribution >= 0.6 is 0 Å². The van der Waals surface area contributed by atoms with Crippen molar-refractivity contribution in [3.8, 4) is 0 Å². The number of amides is 1. The Morgan fingerprint density at radius 1 is 1.42 bits per heavy atom. The third-order valence-corrected chi connectivity index (χ3v) is 3.73. The molecule has 1 aliphatic heterocycles. The summed E-state index contributed by atoms with van der Waals surface area (Å²) in [5, 5.41) is 3.22. The highest BCUT2D eigenvalue weighted by molar-refractivity contribution is 5.81. The molecular formula is C15H21FN2O. The average Bonchev–Trinajstić information content (AvgIpc) is 2.40. The second-order valence-corrected chi connectivity index (χ2v) is 5.49. The topological polar surface area (TPSA) is 32.3 Å². The summed E-state index contributed by atoms with van der Waals surface area (Å²) in [5.41, 5.74) is 1.81. The molecule has 0 bridgehead atoms. The largest absolute Gasteiger partial charge is 0.347 e. The first-order valence-corrected chi connectivity index (χ1v) is 6.69. The number of nitrogens with one attached hydrogen (secondary N) is 1. The molecule has 104 valence electrons. The second-order valence-electron chi connectivity index (χ2n) is 5.49. The van der Waals surface area contributed by atoms with E-state index in [9.17, 15) is 9.18 Å². The zero-order chi connectivity index (χ0) is 14.0. The average molecular weight is 264 g/mol. The molecule has 0 saturated carbocycles. The van der Waals surface area contributed by atoms with Gasteiger partial charge in [0.15, 0.2) is 0 Å². The standard InChI is InChI=1S/C15H21FN2O/c1-10-4-5-13(16)12(8-10)11-6-7-17-14(9-11)15(19)18(2)3/h4-5,8,11,14,17H,6-7,9H2,1-3H3. The van der Waals surface area contributed by atoms with Gasteiger partial charge >= 0.3 is 0 Å². The molecule has 1 aromatic carbocycles. The summed E-state index contributed by atoms with van der Waals surface area (Å²) in [5.74, 6) is 0.0290. The Bertz CT molecular complexity index is 473. The summed E-state index contributed by atoms with van der Waals surface area (Å²) in [6.45, 7) is 2.72. The zero-order valence-electron chi connectivity index (χ0n) is 11.7. The number of carbonyl (C=O) groups excluding carboxylic acids is 1. The molecule has 1 fully saturated rings. The number of halogens is 1. The molecule has 19 heavy (non-hydrogen) atoms. The number of likely N-dealkylation sites (N-methyl/N-ethyl adjacent to an activating group) is 1. The Hall–Kier alpha value is -1.42. The van der Waals surface area contributed by atoms with E-state index >= 15 is 0 Å². The maximum Gasteiger partial charge on any atom is 0.239 e. The quantitative estimate of drug-likeness (QED) is 0.886. The van der Waals surface area contributed by atoms with E-state index < -0.39 is 0 Å². The van der Waals surface area contributed by atoms with E-state index in [4.69, 9.17) is 0 Å². The summed E-state index contributed by atoms with van der Waals surface area (Å²) >= 11 is 0. The van der Waals surface area contributed by atoms with Crippen LogP contribution in [0.25, 0.3) is 0 Å². The summed E-state index contributed by atoms with van der Waals surface area (Å²) in [6, 6.07) is 5.01. The highest BCUT2D eigenvalue weighted by Crippen LogP contribution is 2.30. The van der Waals surface area contributed by atoms with Gasteiger partial charge in [0.05, 0.1) is 6.04 Å². The molecule has 4 heteroatoms. The molecule has 1 saturated heterocycles. The van der Waals surface area contributed by atoms with E-state index in [0.29, 0.717) is 6.42 Å². The lowest BCUT2D eigenvalue weighted by molar-refractivity contribution is -0.131. The lowest BCUT2D eigenvalue weighted by Crippen LogP contribution is -2.47. The van der Waals surface area contributed by atoms with Gasteiger partial charge in [-0.25, -0.2) is 4.39 Å². The third kappa shape index (κ3) is 3.13. The molecule has 2 rings (SSSR count). The van der Waals surface area contributed by atoms with Crippen LogP contribution in [0.15, 0.2) is 18.2 Å². The Morgan fingerprint density at radius 3 is 2.84 bits per heavy atom. The van der Waals surface area contributed by atoms with Crippen molar-refractivity contribution in [3.63, 3.8) is 0 Å². The van der Waals surface area contributed by atoms with Gasteiger partial charge in [0.25, 0.3) is 0 Å². The van der Waals surface area contributed by atoms with E-state index in [1.54, 1.807) is 25.1 Å². The number of carbonyl (C=O) groups is 1. The van der Waals surface area contributed by atoms with Crippen LogP contribution in [-0.4, -0.2) is 37.5 Å². The summed E-state index contributed by atoms with van der Waals surface area (Å²) in [6.07, 6.45) is 1.54. The van der Waals surface area contributed by atoms with Crippen molar-refractivity contribution in [2.45, 2.75) is 31.7 Å². The first kappa shape index (κ1) is 14.0. The SMILES string of the molecule is Cc1ccc(F)c(C2CCNC(C(=O)N(C)C)C2)c1. The van der Waals surface area contributed by atoms with Crippen LogP contribution in [0.4, 0.5) is 4.39 Å². The van der Waals surface area contributed by atoms with Gasteiger partial charge in [0.2, 0.25) is 5.91 Å². The lowest BCUT2D eigenvalue weighted by Gasteiger charge is -2.31. The van der Waals surface area contributed by atoms with E-state index in [1.165, 1.54) is 6.07 Å². The number of piperidine rings is 1. The van der Waals surface area contributed by atoms with Gasteiger partial charge in [0.1, 0.15) is 5.82 Å². The molecule has 0 aliphatic carbocycles. The Labute approximate surface area is 113 Å². The van der Waals surface area contributed by atoms with Crippen LogP contribution in [0.5, 0.6) is 0 Å². The molecule has 2 unspecified atom stereocenters. The van der Waals surface area contributed by atoms with Crippen molar-refractivity contribution < 1.29 is 9.18 Å². The van der Waals surface area contributed by atoms with Crippen molar-refractivity contribution in [3.05, 3.63) is 35.1 Å². The minimum atomic E-state index is -0.200. The summed E-state index contributed by atoms with van der Waals surface area (Å²) in [4.78, 5) is 13.6. The molecule has 0 radical (unpaired) electrons. The predicted molar refractivity (Wildman–Crippen MR) is 73.6 cm³/mol. The number of benzene rings is 1. The first-order chi connectivity index (χ1) is 8.99. The Kier molecular flexibility index (Phi) is 4.20. The molecule has 1 amide bonds. The van der Waals surface area contributed by atoms with Crippen LogP contribution in [0.2, 0.25) is 0 Å². The fourth-order valence-electron chi connectivity index (χ4n) is 2.68. The van der Waals surface area contributed by atoms with Crippen molar-refractivity contribution in [1.29, 1.82) is 0 Å². The molecule has 1 aliphatic rings. The molecule has 2 atom stereocenters. The van der Waals surface area contributed by atoms with Gasteiger partial charge < -0.3 is 10.2 Å². The summed E-state index contributed by atoms with van der Waals surface area (Å²) in [7, 11) is 3.50. The highest BCUT2D eigenvalue weighted by Gasteiger charge is 2.29. The van der Waals surface area contributed by atoms with E-state index in [0.717, 1.165) is 24.1 Å². The van der Waals surface area contributed by atoms with Crippen LogP contribution in [0, 0.1) is 12.7 Å². The maximum atomic E-state index is 13.9. The van der Waals surface area contributed by atoms with Crippen molar-refractivity contribution >= 4 is 5.91 Å². The normalized spacial score (nSPS) is 23.2. The summed E-state index contributed by atoms with van der Waals surface area (Å²) < 4.78 is 13.9. The fraction of sp³-hybridized carbons (Fsp3) is 0.533.